The third-order valence-electron chi connectivity index (χ3n) is 4.07. The molecule has 0 bridgehead atoms. The van der Waals surface area contributed by atoms with Crippen molar-refractivity contribution >= 4 is 24.8 Å². The van der Waals surface area contributed by atoms with Crippen molar-refractivity contribution in [3.05, 3.63) is 35.6 Å². The zero-order valence-corrected chi connectivity index (χ0v) is 11.7. The molecule has 2 N–H and O–H groups in total. The minimum absolute atomic E-state index is 0. The van der Waals surface area contributed by atoms with Gasteiger partial charge < -0.3 is 5.73 Å². The standard InChI is InChI=1S/C13H17FN2.2ClH/c14-13-4-2-1-3-9(13)6-16-7-11-10(5-15)12(11)8-16;;/h1-4,10-12H,5-8,15H2;2*1H/t10?,11-,12+;;. The summed E-state index contributed by atoms with van der Waals surface area (Å²) in [6.07, 6.45) is 0. The van der Waals surface area contributed by atoms with E-state index in [9.17, 15) is 4.39 Å². The lowest BCUT2D eigenvalue weighted by Gasteiger charge is -2.19. The SMILES string of the molecule is Cl.Cl.NCC1[C@H]2CN(Cc3ccccc3F)C[C@@H]12. The van der Waals surface area contributed by atoms with Crippen LogP contribution in [0.25, 0.3) is 0 Å². The summed E-state index contributed by atoms with van der Waals surface area (Å²) in [6.45, 7) is 3.77. The molecule has 1 aromatic rings. The molecule has 18 heavy (non-hydrogen) atoms. The van der Waals surface area contributed by atoms with Crippen LogP contribution in [0.15, 0.2) is 24.3 Å². The molecule has 1 aliphatic carbocycles. The van der Waals surface area contributed by atoms with Crippen LogP contribution in [0.4, 0.5) is 4.39 Å². The van der Waals surface area contributed by atoms with Gasteiger partial charge in [-0.3, -0.25) is 4.90 Å². The number of likely N-dealkylation sites (tertiary alicyclic amines) is 1. The summed E-state index contributed by atoms with van der Waals surface area (Å²) in [5.74, 6) is 2.24. The van der Waals surface area contributed by atoms with Crippen molar-refractivity contribution in [1.82, 2.24) is 4.90 Å². The molecule has 1 unspecified atom stereocenters. The summed E-state index contributed by atoms with van der Waals surface area (Å²) < 4.78 is 13.4. The molecule has 2 fully saturated rings. The number of halogens is 3. The lowest BCUT2D eigenvalue weighted by atomic mass is 10.2. The highest BCUT2D eigenvalue weighted by atomic mass is 35.5. The fraction of sp³-hybridized carbons (Fsp3) is 0.538. The number of rotatable bonds is 3. The highest BCUT2D eigenvalue weighted by Crippen LogP contribution is 2.51. The van der Waals surface area contributed by atoms with Crippen LogP contribution in [-0.2, 0) is 6.54 Å². The molecule has 3 rings (SSSR count). The molecular formula is C13H19Cl2FN2. The number of piperidine rings is 1. The first kappa shape index (κ1) is 15.7. The van der Waals surface area contributed by atoms with Gasteiger partial charge in [-0.05, 0) is 30.4 Å². The van der Waals surface area contributed by atoms with Crippen molar-refractivity contribution in [2.24, 2.45) is 23.5 Å². The lowest BCUT2D eigenvalue weighted by molar-refractivity contribution is 0.275. The van der Waals surface area contributed by atoms with E-state index in [0.29, 0.717) is 0 Å². The van der Waals surface area contributed by atoms with Gasteiger partial charge in [0.15, 0.2) is 0 Å². The van der Waals surface area contributed by atoms with Crippen LogP contribution in [0.2, 0.25) is 0 Å². The van der Waals surface area contributed by atoms with E-state index in [1.54, 1.807) is 6.07 Å². The predicted octanol–water partition coefficient (Wildman–Crippen LogP) is 2.31. The molecule has 1 aromatic carbocycles. The van der Waals surface area contributed by atoms with E-state index in [1.807, 2.05) is 12.1 Å². The third-order valence-corrected chi connectivity index (χ3v) is 4.07. The van der Waals surface area contributed by atoms with Crippen molar-refractivity contribution in [2.75, 3.05) is 19.6 Å². The average molecular weight is 293 g/mol. The average Bonchev–Trinajstić information content (AvgIpc) is 2.76. The molecule has 102 valence electrons. The number of hydrogen-bond acceptors (Lipinski definition) is 2. The molecule has 1 saturated carbocycles. The van der Waals surface area contributed by atoms with E-state index in [0.717, 1.165) is 49.5 Å². The normalized spacial score (nSPS) is 29.1. The molecule has 1 aliphatic heterocycles. The quantitative estimate of drug-likeness (QED) is 0.926. The summed E-state index contributed by atoms with van der Waals surface area (Å²) >= 11 is 0. The summed E-state index contributed by atoms with van der Waals surface area (Å²) in [5.41, 5.74) is 6.48. The second-order valence-electron chi connectivity index (χ2n) is 5.01. The highest BCUT2D eigenvalue weighted by molar-refractivity contribution is 5.85. The van der Waals surface area contributed by atoms with Crippen molar-refractivity contribution in [3.63, 3.8) is 0 Å². The van der Waals surface area contributed by atoms with Crippen molar-refractivity contribution in [2.45, 2.75) is 6.54 Å². The third kappa shape index (κ3) is 2.80. The zero-order valence-electron chi connectivity index (χ0n) is 10.1. The minimum atomic E-state index is -0.0848. The van der Waals surface area contributed by atoms with Gasteiger partial charge in [0.25, 0.3) is 0 Å². The second-order valence-corrected chi connectivity index (χ2v) is 5.01. The smallest absolute Gasteiger partial charge is 0.127 e. The zero-order chi connectivity index (χ0) is 11.1. The van der Waals surface area contributed by atoms with Crippen LogP contribution in [0.3, 0.4) is 0 Å². The maximum Gasteiger partial charge on any atom is 0.127 e. The van der Waals surface area contributed by atoms with Gasteiger partial charge >= 0.3 is 0 Å². The predicted molar refractivity (Wildman–Crippen MR) is 75.7 cm³/mol. The van der Waals surface area contributed by atoms with E-state index in [4.69, 9.17) is 5.73 Å². The molecule has 2 nitrogen and oxygen atoms in total. The Kier molecular flexibility index (Phi) is 5.41. The van der Waals surface area contributed by atoms with Gasteiger partial charge in [0.2, 0.25) is 0 Å². The second kappa shape index (κ2) is 6.20. The van der Waals surface area contributed by atoms with Crippen LogP contribution >= 0.6 is 24.8 Å². The van der Waals surface area contributed by atoms with Crippen molar-refractivity contribution in [3.8, 4) is 0 Å². The molecular weight excluding hydrogens is 274 g/mol. The number of nitrogens with zero attached hydrogens (tertiary/aromatic N) is 1. The fourth-order valence-corrected chi connectivity index (χ4v) is 3.08. The lowest BCUT2D eigenvalue weighted by Crippen LogP contribution is -2.26. The maximum absolute atomic E-state index is 13.4. The van der Waals surface area contributed by atoms with E-state index in [1.165, 1.54) is 6.07 Å². The highest BCUT2D eigenvalue weighted by Gasteiger charge is 2.54. The van der Waals surface area contributed by atoms with Gasteiger partial charge in [-0.2, -0.15) is 0 Å². The Morgan fingerprint density at radius 1 is 1.17 bits per heavy atom. The Labute approximate surface area is 120 Å². The van der Waals surface area contributed by atoms with Crippen LogP contribution in [-0.4, -0.2) is 24.5 Å². The fourth-order valence-electron chi connectivity index (χ4n) is 3.08. The molecule has 5 heteroatoms. The largest absolute Gasteiger partial charge is 0.330 e. The summed E-state index contributed by atoms with van der Waals surface area (Å²) in [7, 11) is 0. The van der Waals surface area contributed by atoms with Gasteiger partial charge in [-0.15, -0.1) is 24.8 Å². The van der Waals surface area contributed by atoms with Crippen molar-refractivity contribution < 1.29 is 4.39 Å². The minimum Gasteiger partial charge on any atom is -0.330 e. The Morgan fingerprint density at radius 2 is 1.78 bits per heavy atom. The summed E-state index contributed by atoms with van der Waals surface area (Å²) in [6, 6.07) is 7.05. The van der Waals surface area contributed by atoms with E-state index < -0.39 is 0 Å². The molecule has 1 saturated heterocycles. The van der Waals surface area contributed by atoms with Gasteiger partial charge in [-0.25, -0.2) is 4.39 Å². The topological polar surface area (TPSA) is 29.3 Å². The van der Waals surface area contributed by atoms with Crippen LogP contribution < -0.4 is 5.73 Å². The van der Waals surface area contributed by atoms with Crippen molar-refractivity contribution in [1.29, 1.82) is 0 Å². The number of nitrogens with two attached hydrogens (primary N) is 1. The summed E-state index contributed by atoms with van der Waals surface area (Å²) in [5, 5.41) is 0. The molecule has 0 spiro atoms. The first-order valence-electron chi connectivity index (χ1n) is 5.95. The first-order chi connectivity index (χ1) is 7.79. The maximum atomic E-state index is 13.4. The van der Waals surface area contributed by atoms with Gasteiger partial charge in [0.1, 0.15) is 5.82 Å². The van der Waals surface area contributed by atoms with E-state index >= 15 is 0 Å². The molecule has 1 heterocycles. The Balaban J connectivity index is 0.000000810. The Morgan fingerprint density at radius 3 is 2.33 bits per heavy atom. The molecule has 0 aromatic heterocycles. The Hall–Kier alpha value is -0.350. The van der Waals surface area contributed by atoms with Gasteiger partial charge in [0, 0.05) is 25.2 Å². The first-order valence-corrected chi connectivity index (χ1v) is 5.95. The van der Waals surface area contributed by atoms with E-state index in [2.05, 4.69) is 4.90 Å². The molecule has 0 radical (unpaired) electrons. The molecule has 2 aliphatic rings. The monoisotopic (exact) mass is 292 g/mol. The number of hydrogen-bond donors (Lipinski definition) is 1. The van der Waals surface area contributed by atoms with Crippen LogP contribution in [0, 0.1) is 23.6 Å². The number of fused-ring (bicyclic) bond motifs is 1. The van der Waals surface area contributed by atoms with Gasteiger partial charge in [0.05, 0.1) is 0 Å². The van der Waals surface area contributed by atoms with Crippen LogP contribution in [0.1, 0.15) is 5.56 Å². The number of benzene rings is 1. The summed E-state index contributed by atoms with van der Waals surface area (Å²) in [4.78, 5) is 2.35. The van der Waals surface area contributed by atoms with Gasteiger partial charge in [-0.1, -0.05) is 18.2 Å². The van der Waals surface area contributed by atoms with Crippen LogP contribution in [0.5, 0.6) is 0 Å². The van der Waals surface area contributed by atoms with E-state index in [-0.39, 0.29) is 30.6 Å². The molecule has 0 amide bonds. The molecule has 3 atom stereocenters. The Bertz CT molecular complexity index is 390.